The van der Waals surface area contributed by atoms with Gasteiger partial charge in [-0.2, -0.15) is 0 Å². The minimum atomic E-state index is -4.00. The van der Waals surface area contributed by atoms with Gasteiger partial charge in [0, 0.05) is 12.0 Å². The number of sulfonamides is 1. The molecule has 3 rings (SSSR count). The van der Waals surface area contributed by atoms with Gasteiger partial charge in [-0.15, -0.1) is 0 Å². The Morgan fingerprint density at radius 3 is 2.32 bits per heavy atom. The Labute approximate surface area is 188 Å². The van der Waals surface area contributed by atoms with Crippen LogP contribution in [-0.4, -0.2) is 28.5 Å². The van der Waals surface area contributed by atoms with Gasteiger partial charge in [-0.3, -0.25) is 4.79 Å². The van der Waals surface area contributed by atoms with Gasteiger partial charge in [-0.05, 0) is 42.5 Å². The summed E-state index contributed by atoms with van der Waals surface area (Å²) in [5.74, 6) is 1.22. The SMILES string of the molecule is COc1ccc(OC)c(Cc2ccc(C(=O)Nc3c(Cl)cc(S(N)(=O)=O)cc3Cl)o2)c1. The minimum Gasteiger partial charge on any atom is -0.497 e. The van der Waals surface area contributed by atoms with Crippen LogP contribution in [0.5, 0.6) is 11.5 Å². The van der Waals surface area contributed by atoms with E-state index in [4.69, 9.17) is 42.2 Å². The molecule has 0 aliphatic rings. The van der Waals surface area contributed by atoms with Crippen molar-refractivity contribution in [3.05, 3.63) is 69.6 Å². The normalized spacial score (nSPS) is 11.3. The van der Waals surface area contributed by atoms with Crippen molar-refractivity contribution >= 4 is 44.8 Å². The summed E-state index contributed by atoms with van der Waals surface area (Å²) in [6.45, 7) is 0. The molecule has 11 heteroatoms. The third-order valence-electron chi connectivity index (χ3n) is 4.32. The molecular formula is C20H18Cl2N2O6S. The highest BCUT2D eigenvalue weighted by Crippen LogP contribution is 2.34. The number of hydrogen-bond acceptors (Lipinski definition) is 6. The van der Waals surface area contributed by atoms with Crippen molar-refractivity contribution in [2.24, 2.45) is 5.14 Å². The summed E-state index contributed by atoms with van der Waals surface area (Å²) in [5, 5.41) is 7.42. The molecule has 164 valence electrons. The molecule has 0 saturated carbocycles. The average molecular weight is 485 g/mol. The second kappa shape index (κ2) is 9.19. The van der Waals surface area contributed by atoms with Crippen LogP contribution in [0.15, 0.2) is 51.8 Å². The Hall–Kier alpha value is -2.72. The van der Waals surface area contributed by atoms with E-state index in [1.165, 1.54) is 6.07 Å². The first-order valence-corrected chi connectivity index (χ1v) is 11.1. The molecule has 0 unspecified atom stereocenters. The van der Waals surface area contributed by atoms with Crippen LogP contribution in [0.1, 0.15) is 21.9 Å². The van der Waals surface area contributed by atoms with Crippen LogP contribution >= 0.6 is 23.2 Å². The minimum absolute atomic E-state index is 0.0134. The second-order valence-corrected chi connectivity index (χ2v) is 8.76. The van der Waals surface area contributed by atoms with Gasteiger partial charge >= 0.3 is 0 Å². The molecule has 3 N–H and O–H groups in total. The molecule has 0 aliphatic heterocycles. The van der Waals surface area contributed by atoms with Crippen molar-refractivity contribution in [3.8, 4) is 11.5 Å². The van der Waals surface area contributed by atoms with E-state index in [9.17, 15) is 13.2 Å². The maximum atomic E-state index is 12.6. The van der Waals surface area contributed by atoms with E-state index in [0.717, 1.165) is 17.7 Å². The molecule has 2 aromatic carbocycles. The molecule has 3 aromatic rings. The van der Waals surface area contributed by atoms with Crippen LogP contribution in [0.25, 0.3) is 0 Å². The Morgan fingerprint density at radius 2 is 1.74 bits per heavy atom. The molecule has 31 heavy (non-hydrogen) atoms. The number of benzene rings is 2. The maximum absolute atomic E-state index is 12.6. The fourth-order valence-corrected chi connectivity index (χ4v) is 4.09. The van der Waals surface area contributed by atoms with E-state index < -0.39 is 15.9 Å². The molecule has 0 fully saturated rings. The zero-order valence-corrected chi connectivity index (χ0v) is 18.8. The van der Waals surface area contributed by atoms with Gasteiger partial charge < -0.3 is 19.2 Å². The number of ether oxygens (including phenoxy) is 2. The number of hydrogen-bond donors (Lipinski definition) is 2. The lowest BCUT2D eigenvalue weighted by Gasteiger charge is -2.10. The molecule has 1 amide bonds. The van der Waals surface area contributed by atoms with Crippen LogP contribution in [-0.2, 0) is 16.4 Å². The van der Waals surface area contributed by atoms with Crippen LogP contribution in [0.2, 0.25) is 10.0 Å². The van der Waals surface area contributed by atoms with E-state index in [-0.39, 0.29) is 26.4 Å². The largest absolute Gasteiger partial charge is 0.497 e. The van der Waals surface area contributed by atoms with Gasteiger partial charge in [0.1, 0.15) is 17.3 Å². The van der Waals surface area contributed by atoms with Crippen molar-refractivity contribution in [1.82, 2.24) is 0 Å². The van der Waals surface area contributed by atoms with Crippen molar-refractivity contribution in [2.75, 3.05) is 19.5 Å². The lowest BCUT2D eigenvalue weighted by atomic mass is 10.1. The summed E-state index contributed by atoms with van der Waals surface area (Å²) in [6, 6.07) is 10.7. The first-order valence-electron chi connectivity index (χ1n) is 8.75. The van der Waals surface area contributed by atoms with E-state index >= 15 is 0 Å². The number of nitrogens with one attached hydrogen (secondary N) is 1. The van der Waals surface area contributed by atoms with Crippen molar-refractivity contribution in [2.45, 2.75) is 11.3 Å². The number of nitrogens with two attached hydrogens (primary N) is 1. The van der Waals surface area contributed by atoms with E-state index in [1.807, 2.05) is 6.07 Å². The number of anilines is 1. The summed E-state index contributed by atoms with van der Waals surface area (Å²) in [6.07, 6.45) is 0.359. The highest BCUT2D eigenvalue weighted by atomic mass is 35.5. The van der Waals surface area contributed by atoms with Gasteiger partial charge in [-0.25, -0.2) is 13.6 Å². The Morgan fingerprint density at radius 1 is 1.06 bits per heavy atom. The summed E-state index contributed by atoms with van der Waals surface area (Å²) >= 11 is 12.1. The van der Waals surface area contributed by atoms with Crippen molar-refractivity contribution in [1.29, 1.82) is 0 Å². The van der Waals surface area contributed by atoms with Crippen LogP contribution in [0, 0.1) is 0 Å². The fourth-order valence-electron chi connectivity index (χ4n) is 2.81. The quantitative estimate of drug-likeness (QED) is 0.520. The van der Waals surface area contributed by atoms with Crippen molar-refractivity contribution in [3.63, 3.8) is 0 Å². The lowest BCUT2D eigenvalue weighted by molar-refractivity contribution is 0.0995. The number of halogens is 2. The predicted octanol–water partition coefficient (Wildman–Crippen LogP) is 4.09. The molecule has 0 radical (unpaired) electrons. The standard InChI is InChI=1S/C20H18Cl2N2O6S/c1-28-12-3-5-17(29-2)11(7-12)8-13-4-6-18(30-13)20(25)24-19-15(21)9-14(10-16(19)22)31(23,26)27/h3-7,9-10H,8H2,1-2H3,(H,24,25)(H2,23,26,27). The van der Waals surface area contributed by atoms with Crippen molar-refractivity contribution < 1.29 is 27.1 Å². The van der Waals surface area contributed by atoms with Crippen LogP contribution in [0.4, 0.5) is 5.69 Å². The number of carbonyl (C=O) groups is 1. The zero-order chi connectivity index (χ0) is 22.8. The first kappa shape index (κ1) is 23.0. The molecule has 0 spiro atoms. The molecule has 1 heterocycles. The fraction of sp³-hybridized carbons (Fsp3) is 0.150. The summed E-state index contributed by atoms with van der Waals surface area (Å²) < 4.78 is 39.2. The summed E-state index contributed by atoms with van der Waals surface area (Å²) in [5.41, 5.74) is 0.848. The topological polar surface area (TPSA) is 121 Å². The maximum Gasteiger partial charge on any atom is 0.291 e. The Kier molecular flexibility index (Phi) is 6.80. The number of primary sulfonamides is 1. The molecule has 0 saturated heterocycles. The van der Waals surface area contributed by atoms with Gasteiger partial charge in [0.05, 0.1) is 34.8 Å². The highest BCUT2D eigenvalue weighted by molar-refractivity contribution is 7.89. The molecule has 1 aromatic heterocycles. The number of amides is 1. The molecule has 0 atom stereocenters. The number of rotatable bonds is 7. The van der Waals surface area contributed by atoms with Gasteiger partial charge in [0.25, 0.3) is 5.91 Å². The molecule has 0 aliphatic carbocycles. The number of furan rings is 1. The molecule has 8 nitrogen and oxygen atoms in total. The summed E-state index contributed by atoms with van der Waals surface area (Å²) in [4.78, 5) is 12.3. The monoisotopic (exact) mass is 484 g/mol. The third kappa shape index (κ3) is 5.31. The van der Waals surface area contributed by atoms with E-state index in [1.54, 1.807) is 32.4 Å². The highest BCUT2D eigenvalue weighted by Gasteiger charge is 2.19. The predicted molar refractivity (Wildman–Crippen MR) is 117 cm³/mol. The number of methoxy groups -OCH3 is 2. The Bertz CT molecular complexity index is 1220. The summed E-state index contributed by atoms with van der Waals surface area (Å²) in [7, 11) is -0.883. The zero-order valence-electron chi connectivity index (χ0n) is 16.4. The van der Waals surface area contributed by atoms with Gasteiger partial charge in [0.2, 0.25) is 10.0 Å². The molecule has 0 bridgehead atoms. The van der Waals surface area contributed by atoms with Crippen LogP contribution < -0.4 is 19.9 Å². The van der Waals surface area contributed by atoms with Gasteiger partial charge in [0.15, 0.2) is 5.76 Å². The Balaban J connectivity index is 1.80. The van der Waals surface area contributed by atoms with E-state index in [0.29, 0.717) is 23.7 Å². The molecular weight excluding hydrogens is 467 g/mol. The average Bonchev–Trinajstić information content (AvgIpc) is 3.18. The van der Waals surface area contributed by atoms with Crippen LogP contribution in [0.3, 0.4) is 0 Å². The smallest absolute Gasteiger partial charge is 0.291 e. The number of carbonyl (C=O) groups excluding carboxylic acids is 1. The van der Waals surface area contributed by atoms with Gasteiger partial charge in [-0.1, -0.05) is 23.2 Å². The lowest BCUT2D eigenvalue weighted by Crippen LogP contribution is -2.14. The van der Waals surface area contributed by atoms with E-state index in [2.05, 4.69) is 5.32 Å². The second-order valence-electron chi connectivity index (χ2n) is 6.38. The third-order valence-corrected chi connectivity index (χ3v) is 5.81. The first-order chi connectivity index (χ1) is 14.6.